The Morgan fingerprint density at radius 1 is 0.974 bits per heavy atom. The van der Waals surface area contributed by atoms with Crippen LogP contribution in [0.25, 0.3) is 11.5 Å². The molecule has 7 rings (SSSR count). The van der Waals surface area contributed by atoms with Gasteiger partial charge in [-0.05, 0) is 30.9 Å². The second-order valence-corrected chi connectivity index (χ2v) is 10.6. The lowest BCUT2D eigenvalue weighted by Gasteiger charge is -2.28. The average molecular weight is 527 g/mol. The summed E-state index contributed by atoms with van der Waals surface area (Å²) in [6.45, 7) is 3.06. The summed E-state index contributed by atoms with van der Waals surface area (Å²) in [5.74, 6) is 0.751. The molecule has 2 aromatic carbocycles. The van der Waals surface area contributed by atoms with Crippen molar-refractivity contribution in [2.24, 2.45) is 4.99 Å². The van der Waals surface area contributed by atoms with E-state index in [-0.39, 0.29) is 11.9 Å². The maximum atomic E-state index is 13.2. The molecule has 0 spiro atoms. The van der Waals surface area contributed by atoms with Crippen LogP contribution in [0, 0.1) is 0 Å². The molecule has 1 saturated carbocycles. The standard InChI is InChI=1S/C28H26N6O3S/c35-25-24(30-23(18-6-2-1-3-7-18)19-8-4-5-9-21(19)29-25)31-28-33-32-26(37-28)20-16-22(17-10-11-17)38-27(20)34-12-14-36-15-13-34/h1-9,16-17,24H,10-15H2,(H,29,35)(H,31,33)/t24-/m1/s1. The van der Waals surface area contributed by atoms with E-state index >= 15 is 0 Å². The fraction of sp³-hybridized carbons (Fsp3) is 0.286. The van der Waals surface area contributed by atoms with Crippen LogP contribution in [0.15, 0.2) is 70.1 Å². The minimum atomic E-state index is -0.950. The summed E-state index contributed by atoms with van der Waals surface area (Å²) in [6.07, 6.45) is 1.49. The van der Waals surface area contributed by atoms with Gasteiger partial charge < -0.3 is 24.7 Å². The third-order valence-electron chi connectivity index (χ3n) is 6.92. The molecule has 1 atom stereocenters. The molecule has 1 amide bonds. The lowest BCUT2D eigenvalue weighted by molar-refractivity contribution is -0.116. The number of aromatic nitrogens is 2. The van der Waals surface area contributed by atoms with E-state index in [1.807, 2.05) is 54.6 Å². The second-order valence-electron chi connectivity index (χ2n) is 9.58. The zero-order valence-electron chi connectivity index (χ0n) is 20.6. The number of carbonyl (C=O) groups is 1. The summed E-state index contributed by atoms with van der Waals surface area (Å²) >= 11 is 1.81. The number of rotatable bonds is 6. The van der Waals surface area contributed by atoms with Crippen molar-refractivity contribution in [2.75, 3.05) is 41.8 Å². The van der Waals surface area contributed by atoms with Crippen LogP contribution in [-0.4, -0.2) is 54.3 Å². The van der Waals surface area contributed by atoms with Crippen molar-refractivity contribution >= 4 is 39.7 Å². The van der Waals surface area contributed by atoms with E-state index in [1.54, 1.807) is 11.3 Å². The predicted octanol–water partition coefficient (Wildman–Crippen LogP) is 4.74. The zero-order chi connectivity index (χ0) is 25.5. The van der Waals surface area contributed by atoms with E-state index in [0.717, 1.165) is 34.8 Å². The SMILES string of the molecule is O=C1Nc2ccccc2C(c2ccccc2)=N[C@@H]1Nc1nnc(-c2cc(C3CC3)sc2N2CCOCC2)o1. The largest absolute Gasteiger partial charge is 0.403 e. The molecule has 3 aliphatic rings. The van der Waals surface area contributed by atoms with Gasteiger partial charge in [-0.25, -0.2) is 4.99 Å². The Kier molecular flexibility index (Phi) is 5.90. The average Bonchev–Trinajstić information content (AvgIpc) is 3.58. The molecule has 0 radical (unpaired) electrons. The molecule has 2 aliphatic heterocycles. The van der Waals surface area contributed by atoms with Gasteiger partial charge in [0.25, 0.3) is 11.8 Å². The van der Waals surface area contributed by atoms with Crippen molar-refractivity contribution in [1.82, 2.24) is 10.2 Å². The molecule has 2 N–H and O–H groups in total. The van der Waals surface area contributed by atoms with Crippen molar-refractivity contribution in [3.63, 3.8) is 0 Å². The van der Waals surface area contributed by atoms with Crippen LogP contribution in [0.4, 0.5) is 16.7 Å². The van der Waals surface area contributed by atoms with E-state index in [2.05, 4.69) is 31.8 Å². The van der Waals surface area contributed by atoms with Crippen LogP contribution in [0.2, 0.25) is 0 Å². The van der Waals surface area contributed by atoms with Crippen LogP contribution < -0.4 is 15.5 Å². The predicted molar refractivity (Wildman–Crippen MR) is 147 cm³/mol. The Morgan fingerprint density at radius 3 is 2.58 bits per heavy atom. The summed E-state index contributed by atoms with van der Waals surface area (Å²) in [7, 11) is 0. The number of para-hydroxylation sites is 1. The Bertz CT molecular complexity index is 1500. The van der Waals surface area contributed by atoms with E-state index in [0.29, 0.717) is 36.4 Å². The van der Waals surface area contributed by atoms with E-state index in [9.17, 15) is 4.79 Å². The van der Waals surface area contributed by atoms with E-state index in [1.165, 1.54) is 17.7 Å². The van der Waals surface area contributed by atoms with E-state index < -0.39 is 6.17 Å². The van der Waals surface area contributed by atoms with Crippen molar-refractivity contribution in [3.05, 3.63) is 76.7 Å². The van der Waals surface area contributed by atoms with Gasteiger partial charge in [0.15, 0.2) is 0 Å². The van der Waals surface area contributed by atoms with Gasteiger partial charge >= 0.3 is 6.01 Å². The highest BCUT2D eigenvalue weighted by Gasteiger charge is 2.31. The summed E-state index contributed by atoms with van der Waals surface area (Å²) in [5, 5.41) is 15.8. The first-order valence-corrected chi connectivity index (χ1v) is 13.6. The smallest absolute Gasteiger partial charge is 0.317 e. The first-order valence-electron chi connectivity index (χ1n) is 12.8. The Labute approximate surface area is 223 Å². The van der Waals surface area contributed by atoms with Crippen molar-refractivity contribution in [2.45, 2.75) is 24.9 Å². The molecule has 9 nitrogen and oxygen atoms in total. The first-order chi connectivity index (χ1) is 18.7. The van der Waals surface area contributed by atoms with Gasteiger partial charge in [0.05, 0.1) is 30.2 Å². The molecular formula is C28H26N6O3S. The Balaban J connectivity index is 1.21. The molecule has 1 aliphatic carbocycles. The number of benzodiazepines with no additional fused rings is 1. The topological polar surface area (TPSA) is 105 Å². The maximum Gasteiger partial charge on any atom is 0.317 e. The monoisotopic (exact) mass is 526 g/mol. The molecular weight excluding hydrogens is 500 g/mol. The van der Waals surface area contributed by atoms with Crippen molar-refractivity contribution < 1.29 is 13.9 Å². The second kappa shape index (κ2) is 9.70. The molecule has 38 heavy (non-hydrogen) atoms. The number of amides is 1. The maximum absolute atomic E-state index is 13.2. The van der Waals surface area contributed by atoms with Crippen LogP contribution >= 0.6 is 11.3 Å². The van der Waals surface area contributed by atoms with Crippen molar-refractivity contribution in [1.29, 1.82) is 0 Å². The number of benzene rings is 2. The number of fused-ring (bicyclic) bond motifs is 1. The number of carbonyl (C=O) groups excluding carboxylic acids is 1. The number of nitrogens with zero attached hydrogens (tertiary/aromatic N) is 4. The molecule has 2 fully saturated rings. The van der Waals surface area contributed by atoms with Crippen LogP contribution in [0.1, 0.15) is 34.8 Å². The highest BCUT2D eigenvalue weighted by atomic mass is 32.1. The molecule has 192 valence electrons. The normalized spacial score (nSPS) is 19.4. The Hall–Kier alpha value is -4.02. The van der Waals surface area contributed by atoms with Crippen molar-refractivity contribution in [3.8, 4) is 11.5 Å². The highest BCUT2D eigenvalue weighted by Crippen LogP contribution is 2.49. The molecule has 2 aromatic heterocycles. The van der Waals surface area contributed by atoms with Crippen LogP contribution in [0.5, 0.6) is 0 Å². The lowest BCUT2D eigenvalue weighted by atomic mass is 10.0. The minimum absolute atomic E-state index is 0.148. The summed E-state index contributed by atoms with van der Waals surface area (Å²) in [5.41, 5.74) is 4.11. The number of thiophene rings is 1. The number of ether oxygens (including phenoxy) is 1. The van der Waals surface area contributed by atoms with Gasteiger partial charge in [0.2, 0.25) is 6.17 Å². The fourth-order valence-electron chi connectivity index (χ4n) is 4.81. The number of aliphatic imine (C=N–C) groups is 1. The fourth-order valence-corrected chi connectivity index (χ4v) is 6.18. The highest BCUT2D eigenvalue weighted by molar-refractivity contribution is 7.16. The number of nitrogens with one attached hydrogen (secondary N) is 2. The van der Waals surface area contributed by atoms with Gasteiger partial charge in [-0.1, -0.05) is 53.6 Å². The van der Waals surface area contributed by atoms with Gasteiger partial charge in [-0.15, -0.1) is 16.4 Å². The van der Waals surface area contributed by atoms with Gasteiger partial charge in [0.1, 0.15) is 5.00 Å². The molecule has 0 unspecified atom stereocenters. The Morgan fingerprint density at radius 2 is 1.76 bits per heavy atom. The zero-order valence-corrected chi connectivity index (χ0v) is 21.4. The third-order valence-corrected chi connectivity index (χ3v) is 8.28. The molecule has 0 bridgehead atoms. The number of morpholine rings is 1. The summed E-state index contributed by atoms with van der Waals surface area (Å²) < 4.78 is 11.6. The molecule has 1 saturated heterocycles. The molecule has 10 heteroatoms. The molecule has 4 aromatic rings. The summed E-state index contributed by atoms with van der Waals surface area (Å²) in [4.78, 5) is 21.7. The number of hydrogen-bond donors (Lipinski definition) is 2. The number of hydrogen-bond acceptors (Lipinski definition) is 9. The third kappa shape index (κ3) is 4.46. The van der Waals surface area contributed by atoms with Gasteiger partial charge in [-0.2, -0.15) is 0 Å². The quantitative estimate of drug-likeness (QED) is 0.374. The summed E-state index contributed by atoms with van der Waals surface area (Å²) in [6, 6.07) is 19.8. The number of anilines is 3. The lowest BCUT2D eigenvalue weighted by Crippen LogP contribution is -2.35. The van der Waals surface area contributed by atoms with Gasteiger partial charge in [0, 0.05) is 29.1 Å². The first kappa shape index (κ1) is 23.1. The van der Waals surface area contributed by atoms with E-state index in [4.69, 9.17) is 14.1 Å². The van der Waals surface area contributed by atoms with Crippen LogP contribution in [-0.2, 0) is 9.53 Å². The van der Waals surface area contributed by atoms with Crippen LogP contribution in [0.3, 0.4) is 0 Å². The molecule has 4 heterocycles. The minimum Gasteiger partial charge on any atom is -0.403 e. The van der Waals surface area contributed by atoms with Gasteiger partial charge in [-0.3, -0.25) is 4.79 Å².